The second-order valence-electron chi connectivity index (χ2n) is 9.86. The minimum atomic E-state index is 0.542. The van der Waals surface area contributed by atoms with Gasteiger partial charge >= 0.3 is 0 Å². The number of aromatic nitrogens is 8. The monoisotopic (exact) mass is 528 g/mol. The van der Waals surface area contributed by atoms with Gasteiger partial charge in [-0.2, -0.15) is 10.3 Å². The van der Waals surface area contributed by atoms with Crippen LogP contribution in [0.15, 0.2) is 91.0 Å². The highest BCUT2D eigenvalue weighted by molar-refractivity contribution is 5.86. The molecule has 0 aliphatic heterocycles. The van der Waals surface area contributed by atoms with Gasteiger partial charge in [0.1, 0.15) is 11.5 Å². The fraction of sp³-hybridized carbons (Fsp3) is 0.219. The van der Waals surface area contributed by atoms with Gasteiger partial charge in [-0.3, -0.25) is 0 Å². The van der Waals surface area contributed by atoms with Gasteiger partial charge in [0.15, 0.2) is 5.82 Å². The van der Waals surface area contributed by atoms with Crippen molar-refractivity contribution in [3.8, 4) is 39.6 Å². The minimum absolute atomic E-state index is 0.542. The zero-order valence-electron chi connectivity index (χ0n) is 22.8. The molecule has 6 aromatic rings. The second kappa shape index (κ2) is 11.5. The van der Waals surface area contributed by atoms with Gasteiger partial charge < -0.3 is 4.57 Å². The third-order valence-electron chi connectivity index (χ3n) is 6.98. The largest absolute Gasteiger partial charge is 0.306 e. The van der Waals surface area contributed by atoms with Crippen molar-refractivity contribution in [1.29, 1.82) is 0 Å². The SMILES string of the molecule is CCCc1nc(CCC)n(Cc2ccc(-n3c(-c4ccccc4)cc(-c4ccccc4)c3-c3nn[nH]n3)cc2)n1. The normalized spacial score (nSPS) is 11.2. The molecule has 0 saturated carbocycles. The van der Waals surface area contributed by atoms with Gasteiger partial charge in [0, 0.05) is 24.1 Å². The molecule has 0 radical (unpaired) electrons. The first kappa shape index (κ1) is 25.4. The van der Waals surface area contributed by atoms with Gasteiger partial charge in [-0.25, -0.2) is 9.67 Å². The van der Waals surface area contributed by atoms with Crippen LogP contribution in [-0.2, 0) is 19.4 Å². The number of nitrogens with one attached hydrogen (secondary N) is 1. The van der Waals surface area contributed by atoms with E-state index in [1.54, 1.807) is 0 Å². The summed E-state index contributed by atoms with van der Waals surface area (Å²) >= 11 is 0. The summed E-state index contributed by atoms with van der Waals surface area (Å²) < 4.78 is 4.29. The third-order valence-corrected chi connectivity index (χ3v) is 6.98. The predicted octanol–water partition coefficient (Wildman–Crippen LogP) is 6.54. The molecule has 1 N–H and O–H groups in total. The molecule has 0 fully saturated rings. The molecule has 3 heterocycles. The van der Waals surface area contributed by atoms with E-state index in [1.165, 1.54) is 5.56 Å². The second-order valence-corrected chi connectivity index (χ2v) is 9.86. The number of aryl methyl sites for hydroxylation is 2. The van der Waals surface area contributed by atoms with Crippen LogP contribution in [0.1, 0.15) is 43.9 Å². The molecule has 0 unspecified atom stereocenters. The number of hydrogen-bond donors (Lipinski definition) is 1. The molecule has 0 saturated heterocycles. The highest BCUT2D eigenvalue weighted by Gasteiger charge is 2.23. The lowest BCUT2D eigenvalue weighted by Gasteiger charge is -2.14. The quantitative estimate of drug-likeness (QED) is 0.218. The zero-order chi connectivity index (χ0) is 27.3. The van der Waals surface area contributed by atoms with E-state index in [1.807, 2.05) is 24.3 Å². The van der Waals surface area contributed by atoms with Crippen LogP contribution in [0.5, 0.6) is 0 Å². The van der Waals surface area contributed by atoms with Crippen LogP contribution in [0.2, 0.25) is 0 Å². The first-order valence-electron chi connectivity index (χ1n) is 13.9. The summed E-state index contributed by atoms with van der Waals surface area (Å²) in [5.74, 6) is 2.53. The number of tetrazole rings is 1. The van der Waals surface area contributed by atoms with Gasteiger partial charge in [-0.05, 0) is 52.9 Å². The van der Waals surface area contributed by atoms with Crippen molar-refractivity contribution in [1.82, 2.24) is 40.0 Å². The molecule has 6 rings (SSSR count). The Labute approximate surface area is 233 Å². The van der Waals surface area contributed by atoms with Crippen molar-refractivity contribution in [2.24, 2.45) is 0 Å². The Morgan fingerprint density at radius 3 is 2.12 bits per heavy atom. The molecule has 0 spiro atoms. The Bertz CT molecular complexity index is 1660. The molecule has 200 valence electrons. The van der Waals surface area contributed by atoms with E-state index in [0.29, 0.717) is 12.4 Å². The van der Waals surface area contributed by atoms with Crippen molar-refractivity contribution in [2.75, 3.05) is 0 Å². The first-order chi connectivity index (χ1) is 19.7. The number of rotatable bonds is 10. The van der Waals surface area contributed by atoms with Crippen molar-refractivity contribution in [3.63, 3.8) is 0 Å². The fourth-order valence-corrected chi connectivity index (χ4v) is 5.13. The Hall–Kier alpha value is -4.85. The van der Waals surface area contributed by atoms with Crippen molar-refractivity contribution >= 4 is 0 Å². The van der Waals surface area contributed by atoms with Gasteiger partial charge in [-0.1, -0.05) is 86.6 Å². The average molecular weight is 529 g/mol. The Kier molecular flexibility index (Phi) is 7.30. The van der Waals surface area contributed by atoms with E-state index in [-0.39, 0.29) is 0 Å². The first-order valence-corrected chi connectivity index (χ1v) is 13.9. The Morgan fingerprint density at radius 2 is 1.48 bits per heavy atom. The molecule has 8 heteroatoms. The maximum atomic E-state index is 4.81. The van der Waals surface area contributed by atoms with Crippen LogP contribution in [0, 0.1) is 0 Å². The molecule has 8 nitrogen and oxygen atoms in total. The van der Waals surface area contributed by atoms with Gasteiger partial charge in [0.05, 0.1) is 12.2 Å². The molecule has 3 aromatic carbocycles. The van der Waals surface area contributed by atoms with Crippen molar-refractivity contribution in [3.05, 3.63) is 108 Å². The molecule has 3 aromatic heterocycles. The van der Waals surface area contributed by atoms with E-state index in [0.717, 1.165) is 71.1 Å². The van der Waals surface area contributed by atoms with Crippen LogP contribution in [0.4, 0.5) is 0 Å². The fourth-order valence-electron chi connectivity index (χ4n) is 5.13. The predicted molar refractivity (Wildman–Crippen MR) is 157 cm³/mol. The molecular weight excluding hydrogens is 496 g/mol. The lowest BCUT2D eigenvalue weighted by Crippen LogP contribution is -2.07. The molecule has 40 heavy (non-hydrogen) atoms. The summed E-state index contributed by atoms with van der Waals surface area (Å²) in [4.78, 5) is 4.79. The topological polar surface area (TPSA) is 90.1 Å². The van der Waals surface area contributed by atoms with Crippen molar-refractivity contribution < 1.29 is 0 Å². The van der Waals surface area contributed by atoms with Gasteiger partial charge in [0.25, 0.3) is 0 Å². The smallest absolute Gasteiger partial charge is 0.222 e. The van der Waals surface area contributed by atoms with Crippen molar-refractivity contribution in [2.45, 2.75) is 46.1 Å². The van der Waals surface area contributed by atoms with Crippen LogP contribution >= 0.6 is 0 Å². The maximum absolute atomic E-state index is 4.81. The number of nitrogens with zero attached hydrogens (tertiary/aromatic N) is 7. The van der Waals surface area contributed by atoms with E-state index >= 15 is 0 Å². The standard InChI is InChI=1S/C32H32N8/c1-3-11-29-33-30(12-4-2)39(36-29)22-23-17-19-26(20-18-23)40-28(25-15-9-6-10-16-25)21-27(24-13-7-5-8-14-24)31(40)32-34-37-38-35-32/h5-10,13-21H,3-4,11-12,22H2,1-2H3,(H,34,35,37,38). The molecule has 0 amide bonds. The van der Waals surface area contributed by atoms with Crippen LogP contribution in [-0.4, -0.2) is 40.0 Å². The number of hydrogen-bond acceptors (Lipinski definition) is 5. The van der Waals surface area contributed by atoms with Crippen LogP contribution in [0.25, 0.3) is 39.6 Å². The van der Waals surface area contributed by atoms with Gasteiger partial charge in [0.2, 0.25) is 5.82 Å². The molecule has 0 aliphatic rings. The Morgan fingerprint density at radius 1 is 0.775 bits per heavy atom. The van der Waals surface area contributed by atoms with Crippen LogP contribution in [0.3, 0.4) is 0 Å². The van der Waals surface area contributed by atoms with E-state index in [4.69, 9.17) is 10.1 Å². The van der Waals surface area contributed by atoms with Crippen LogP contribution < -0.4 is 0 Å². The third kappa shape index (κ3) is 5.08. The van der Waals surface area contributed by atoms with Gasteiger partial charge in [-0.15, -0.1) is 10.2 Å². The molecular formula is C32H32N8. The number of benzene rings is 3. The Balaban J connectivity index is 1.45. The lowest BCUT2D eigenvalue weighted by atomic mass is 10.0. The number of aromatic amines is 1. The summed E-state index contributed by atoms with van der Waals surface area (Å²) in [6.45, 7) is 5.03. The maximum Gasteiger partial charge on any atom is 0.222 e. The van der Waals surface area contributed by atoms with E-state index in [9.17, 15) is 0 Å². The summed E-state index contributed by atoms with van der Waals surface area (Å²) in [7, 11) is 0. The zero-order valence-corrected chi connectivity index (χ0v) is 22.8. The summed E-state index contributed by atoms with van der Waals surface area (Å²) in [5, 5.41) is 20.1. The highest BCUT2D eigenvalue weighted by atomic mass is 15.5. The van der Waals surface area contributed by atoms with E-state index < -0.39 is 0 Å². The molecule has 0 bridgehead atoms. The molecule has 0 aliphatic carbocycles. The molecule has 0 atom stereocenters. The summed E-state index contributed by atoms with van der Waals surface area (Å²) in [5.41, 5.74) is 7.37. The summed E-state index contributed by atoms with van der Waals surface area (Å²) in [6.07, 6.45) is 3.91. The minimum Gasteiger partial charge on any atom is -0.306 e. The average Bonchev–Trinajstić information content (AvgIpc) is 3.74. The number of H-pyrrole nitrogens is 1. The van der Waals surface area contributed by atoms with E-state index in [2.05, 4.69) is 110 Å². The highest BCUT2D eigenvalue weighted by Crippen LogP contribution is 2.39. The lowest BCUT2D eigenvalue weighted by molar-refractivity contribution is 0.623. The summed E-state index contributed by atoms with van der Waals surface area (Å²) in [6, 6.07) is 31.6.